The van der Waals surface area contributed by atoms with Crippen molar-refractivity contribution in [1.29, 1.82) is 0 Å². The van der Waals surface area contributed by atoms with E-state index < -0.39 is 0 Å². The number of carbonyl (C=O) groups excluding carboxylic acids is 1. The van der Waals surface area contributed by atoms with Crippen molar-refractivity contribution < 1.29 is 14.3 Å². The zero-order chi connectivity index (χ0) is 13.8. The number of hydrogen-bond donors (Lipinski definition) is 0. The van der Waals surface area contributed by atoms with E-state index in [2.05, 4.69) is 28.5 Å². The first-order valence-electron chi connectivity index (χ1n) is 6.50. The molecule has 0 amide bonds. The minimum atomic E-state index is -0.192. The van der Waals surface area contributed by atoms with E-state index in [-0.39, 0.29) is 18.2 Å². The van der Waals surface area contributed by atoms with Crippen molar-refractivity contribution in [2.24, 2.45) is 0 Å². The third kappa shape index (κ3) is 3.91. The van der Waals surface area contributed by atoms with Crippen LogP contribution in [0.4, 0.5) is 5.13 Å². The maximum atomic E-state index is 11.1. The number of nitrogens with zero attached hydrogens (tertiary/aromatic N) is 2. The summed E-state index contributed by atoms with van der Waals surface area (Å²) in [6.07, 6.45) is 1.48. The quantitative estimate of drug-likeness (QED) is 0.790. The van der Waals surface area contributed by atoms with Crippen LogP contribution in [0.5, 0.6) is 0 Å². The summed E-state index contributed by atoms with van der Waals surface area (Å²) in [7, 11) is 1.41. The highest BCUT2D eigenvalue weighted by atomic mass is 32.1. The molecule has 0 N–H and O–H groups in total. The molecular formula is C13H20N2O3S. The molecule has 6 heteroatoms. The average molecular weight is 284 g/mol. The predicted octanol–water partition coefficient (Wildman–Crippen LogP) is 1.86. The third-order valence-electron chi connectivity index (χ3n) is 3.04. The molecule has 2 rings (SSSR count). The Hall–Kier alpha value is -1.14. The van der Waals surface area contributed by atoms with E-state index in [1.54, 1.807) is 11.3 Å². The molecule has 1 aliphatic rings. The Balaban J connectivity index is 1.94. The summed E-state index contributed by atoms with van der Waals surface area (Å²) in [6, 6.07) is 0. The van der Waals surface area contributed by atoms with Crippen molar-refractivity contribution in [2.45, 2.75) is 38.9 Å². The summed E-state index contributed by atoms with van der Waals surface area (Å²) in [6.45, 7) is 5.89. The zero-order valence-corrected chi connectivity index (χ0v) is 12.4. The van der Waals surface area contributed by atoms with Crippen LogP contribution in [0.25, 0.3) is 0 Å². The fourth-order valence-electron chi connectivity index (χ4n) is 2.22. The summed E-state index contributed by atoms with van der Waals surface area (Å²) in [5.74, 6) is -0.192. The fourth-order valence-corrected chi connectivity index (χ4v) is 3.10. The van der Waals surface area contributed by atoms with Crippen molar-refractivity contribution in [3.05, 3.63) is 11.1 Å². The molecule has 5 nitrogen and oxygen atoms in total. The van der Waals surface area contributed by atoms with Crippen LogP contribution < -0.4 is 4.90 Å². The van der Waals surface area contributed by atoms with E-state index in [0.29, 0.717) is 12.8 Å². The van der Waals surface area contributed by atoms with Gasteiger partial charge >= 0.3 is 5.97 Å². The van der Waals surface area contributed by atoms with Crippen molar-refractivity contribution in [2.75, 3.05) is 25.1 Å². The van der Waals surface area contributed by atoms with E-state index in [1.807, 2.05) is 5.38 Å². The standard InChI is InChI=1S/C13H20N2O3S/c1-9-6-15(7-10(2)18-9)13-14-11(8-19-13)4-5-12(16)17-3/h8-10H,4-7H2,1-3H3. The zero-order valence-electron chi connectivity index (χ0n) is 11.6. The van der Waals surface area contributed by atoms with Gasteiger partial charge in [0.1, 0.15) is 0 Å². The number of thiazole rings is 1. The Bertz CT molecular complexity index is 425. The van der Waals surface area contributed by atoms with Gasteiger partial charge in [-0.3, -0.25) is 4.79 Å². The lowest BCUT2D eigenvalue weighted by atomic mass is 10.2. The largest absolute Gasteiger partial charge is 0.469 e. The second kappa shape index (κ2) is 6.34. The molecule has 19 heavy (non-hydrogen) atoms. The molecule has 2 atom stereocenters. The van der Waals surface area contributed by atoms with Crippen LogP contribution in [0.1, 0.15) is 26.0 Å². The summed E-state index contributed by atoms with van der Waals surface area (Å²) in [5, 5.41) is 3.03. The Morgan fingerprint density at radius 1 is 1.53 bits per heavy atom. The van der Waals surface area contributed by atoms with Gasteiger partial charge in [-0.2, -0.15) is 0 Å². The normalized spacial score (nSPS) is 23.4. The predicted molar refractivity (Wildman–Crippen MR) is 74.7 cm³/mol. The van der Waals surface area contributed by atoms with Crippen LogP contribution in [0.3, 0.4) is 0 Å². The molecule has 1 fully saturated rings. The number of carbonyl (C=O) groups is 1. The number of rotatable bonds is 4. The molecule has 2 unspecified atom stereocenters. The molecule has 0 spiro atoms. The van der Waals surface area contributed by atoms with E-state index in [1.165, 1.54) is 7.11 Å². The molecule has 106 valence electrons. The van der Waals surface area contributed by atoms with Crippen molar-refractivity contribution >= 4 is 22.4 Å². The number of methoxy groups -OCH3 is 1. The molecule has 1 saturated heterocycles. The number of morpholine rings is 1. The molecule has 2 heterocycles. The molecular weight excluding hydrogens is 264 g/mol. The highest BCUT2D eigenvalue weighted by molar-refractivity contribution is 7.13. The van der Waals surface area contributed by atoms with Gasteiger partial charge in [0.05, 0.1) is 31.4 Å². The lowest BCUT2D eigenvalue weighted by Crippen LogP contribution is -2.45. The number of ether oxygens (including phenoxy) is 2. The highest BCUT2D eigenvalue weighted by Gasteiger charge is 2.24. The van der Waals surface area contributed by atoms with Gasteiger partial charge in [0.15, 0.2) is 5.13 Å². The average Bonchev–Trinajstić information content (AvgIpc) is 2.83. The van der Waals surface area contributed by atoms with Crippen molar-refractivity contribution in [1.82, 2.24) is 4.98 Å². The lowest BCUT2D eigenvalue weighted by Gasteiger charge is -2.35. The molecule has 0 aromatic carbocycles. The molecule has 0 saturated carbocycles. The molecule has 0 bridgehead atoms. The van der Waals surface area contributed by atoms with Crippen LogP contribution in [0.2, 0.25) is 0 Å². The topological polar surface area (TPSA) is 51.7 Å². The summed E-state index contributed by atoms with van der Waals surface area (Å²) >= 11 is 1.63. The van der Waals surface area contributed by atoms with Gasteiger partial charge in [0.25, 0.3) is 0 Å². The summed E-state index contributed by atoms with van der Waals surface area (Å²) in [5.41, 5.74) is 0.956. The molecule has 1 aromatic rings. The van der Waals surface area contributed by atoms with Crippen LogP contribution in [-0.4, -0.2) is 43.4 Å². The van der Waals surface area contributed by atoms with Gasteiger partial charge in [-0.05, 0) is 13.8 Å². The summed E-state index contributed by atoms with van der Waals surface area (Å²) in [4.78, 5) is 18.0. The first-order valence-corrected chi connectivity index (χ1v) is 7.38. The minimum Gasteiger partial charge on any atom is -0.469 e. The van der Waals surface area contributed by atoms with Gasteiger partial charge in [-0.25, -0.2) is 4.98 Å². The van der Waals surface area contributed by atoms with Gasteiger partial charge in [-0.15, -0.1) is 11.3 Å². The van der Waals surface area contributed by atoms with E-state index in [4.69, 9.17) is 4.74 Å². The molecule has 0 radical (unpaired) electrons. The number of hydrogen-bond acceptors (Lipinski definition) is 6. The lowest BCUT2D eigenvalue weighted by molar-refractivity contribution is -0.140. The monoisotopic (exact) mass is 284 g/mol. The number of esters is 1. The molecule has 1 aliphatic heterocycles. The first-order chi connectivity index (χ1) is 9.08. The highest BCUT2D eigenvalue weighted by Crippen LogP contribution is 2.24. The van der Waals surface area contributed by atoms with Crippen LogP contribution >= 0.6 is 11.3 Å². The Morgan fingerprint density at radius 3 is 2.84 bits per heavy atom. The Morgan fingerprint density at radius 2 is 2.21 bits per heavy atom. The Kier molecular flexibility index (Phi) is 4.76. The van der Waals surface area contributed by atoms with Gasteiger partial charge in [0.2, 0.25) is 0 Å². The van der Waals surface area contributed by atoms with Crippen molar-refractivity contribution in [3.63, 3.8) is 0 Å². The third-order valence-corrected chi connectivity index (χ3v) is 3.99. The summed E-state index contributed by atoms with van der Waals surface area (Å²) < 4.78 is 10.3. The maximum absolute atomic E-state index is 11.1. The Labute approximate surface area is 117 Å². The fraction of sp³-hybridized carbons (Fsp3) is 0.692. The van der Waals surface area contributed by atoms with Crippen molar-refractivity contribution in [3.8, 4) is 0 Å². The van der Waals surface area contributed by atoms with Crippen LogP contribution in [0, 0.1) is 0 Å². The number of aromatic nitrogens is 1. The maximum Gasteiger partial charge on any atom is 0.305 e. The minimum absolute atomic E-state index is 0.192. The second-order valence-corrected chi connectivity index (χ2v) is 5.70. The molecule has 1 aromatic heterocycles. The van der Waals surface area contributed by atoms with Gasteiger partial charge in [0, 0.05) is 24.9 Å². The van der Waals surface area contributed by atoms with E-state index in [0.717, 1.165) is 23.9 Å². The van der Waals surface area contributed by atoms with E-state index in [9.17, 15) is 4.79 Å². The number of anilines is 1. The first kappa shape index (κ1) is 14.3. The SMILES string of the molecule is COC(=O)CCc1csc(N2CC(C)OC(C)C2)n1. The van der Waals surface area contributed by atoms with Gasteiger partial charge in [-0.1, -0.05) is 0 Å². The van der Waals surface area contributed by atoms with E-state index >= 15 is 0 Å². The smallest absolute Gasteiger partial charge is 0.305 e. The van der Waals surface area contributed by atoms with Gasteiger partial charge < -0.3 is 14.4 Å². The number of aryl methyl sites for hydroxylation is 1. The van der Waals surface area contributed by atoms with Crippen LogP contribution in [-0.2, 0) is 20.7 Å². The molecule has 0 aliphatic carbocycles. The second-order valence-electron chi connectivity index (χ2n) is 4.86. The van der Waals surface area contributed by atoms with Crippen LogP contribution in [0.15, 0.2) is 5.38 Å².